The number of rotatable bonds is 4. The Balaban J connectivity index is 2.05. The molecule has 1 aromatic carbocycles. The molecule has 2 rings (SSSR count). The van der Waals surface area contributed by atoms with E-state index in [0.717, 1.165) is 11.9 Å². The number of carbonyl (C=O) groups excluding carboxylic acids is 1. The van der Waals surface area contributed by atoms with Crippen molar-refractivity contribution in [2.75, 3.05) is 19.0 Å². The molecule has 0 unspecified atom stereocenters. The number of amides is 1. The third-order valence-corrected chi connectivity index (χ3v) is 3.04. The van der Waals surface area contributed by atoms with E-state index in [9.17, 15) is 9.18 Å². The number of carbonyl (C=O) groups is 1. The fraction of sp³-hybridized carbons (Fsp3) is 0.214. The number of hydrogen-bond donors (Lipinski definition) is 1. The van der Waals surface area contributed by atoms with Crippen LogP contribution in [0.15, 0.2) is 30.5 Å². The highest BCUT2D eigenvalue weighted by Crippen LogP contribution is 2.17. The molecule has 0 aliphatic carbocycles. The molecule has 0 saturated heterocycles. The second-order valence-electron chi connectivity index (χ2n) is 4.53. The van der Waals surface area contributed by atoms with E-state index in [2.05, 4.69) is 15.3 Å². The Bertz CT molecular complexity index is 663. The van der Waals surface area contributed by atoms with Crippen LogP contribution in [0.4, 0.5) is 10.2 Å². The summed E-state index contributed by atoms with van der Waals surface area (Å²) in [5, 5.41) is 2.72. The van der Waals surface area contributed by atoms with Gasteiger partial charge in [0.15, 0.2) is 0 Å². The van der Waals surface area contributed by atoms with E-state index >= 15 is 0 Å². The van der Waals surface area contributed by atoms with Crippen molar-refractivity contribution in [3.05, 3.63) is 52.7 Å². The monoisotopic (exact) mass is 308 g/mol. The summed E-state index contributed by atoms with van der Waals surface area (Å²) in [5.74, 6) is 0.333. The molecule has 0 saturated carbocycles. The summed E-state index contributed by atoms with van der Waals surface area (Å²) in [4.78, 5) is 22.2. The van der Waals surface area contributed by atoms with Crippen LogP contribution in [0, 0.1) is 5.82 Å². The highest BCUT2D eigenvalue weighted by Gasteiger charge is 2.11. The first-order valence-corrected chi connectivity index (χ1v) is 6.57. The molecule has 0 radical (unpaired) electrons. The molecule has 1 N–H and O–H groups in total. The first-order chi connectivity index (χ1) is 9.97. The molecule has 1 aromatic heterocycles. The first kappa shape index (κ1) is 15.2. The van der Waals surface area contributed by atoms with Gasteiger partial charge in [-0.1, -0.05) is 11.6 Å². The molecule has 1 heterocycles. The lowest BCUT2D eigenvalue weighted by molar-refractivity contribution is 0.0950. The van der Waals surface area contributed by atoms with Gasteiger partial charge in [0.05, 0.1) is 17.1 Å². The van der Waals surface area contributed by atoms with Crippen molar-refractivity contribution in [1.82, 2.24) is 15.3 Å². The SMILES string of the molecule is CN(C)c1ccnc(CNC(=O)c2ccc(F)cc2Cl)n1. The maximum atomic E-state index is 12.9. The molecular weight excluding hydrogens is 295 g/mol. The standard InChI is InChI=1S/C14H14ClFN4O/c1-20(2)13-5-6-17-12(19-13)8-18-14(21)10-4-3-9(16)7-11(10)15/h3-7H,8H2,1-2H3,(H,18,21). The van der Waals surface area contributed by atoms with E-state index in [4.69, 9.17) is 11.6 Å². The zero-order chi connectivity index (χ0) is 15.4. The van der Waals surface area contributed by atoms with Gasteiger partial charge in [0.2, 0.25) is 0 Å². The van der Waals surface area contributed by atoms with Gasteiger partial charge in [0.1, 0.15) is 17.5 Å². The van der Waals surface area contributed by atoms with Crippen LogP contribution in [0.3, 0.4) is 0 Å². The maximum Gasteiger partial charge on any atom is 0.253 e. The summed E-state index contributed by atoms with van der Waals surface area (Å²) >= 11 is 5.83. The minimum atomic E-state index is -0.487. The molecule has 0 bridgehead atoms. The summed E-state index contributed by atoms with van der Waals surface area (Å²) in [7, 11) is 3.73. The van der Waals surface area contributed by atoms with Gasteiger partial charge in [-0.3, -0.25) is 4.79 Å². The van der Waals surface area contributed by atoms with Gasteiger partial charge in [-0.05, 0) is 24.3 Å². The molecule has 0 atom stereocenters. The fourth-order valence-corrected chi connectivity index (χ4v) is 1.90. The van der Waals surface area contributed by atoms with Gasteiger partial charge in [-0.25, -0.2) is 14.4 Å². The lowest BCUT2D eigenvalue weighted by Gasteiger charge is -2.12. The van der Waals surface area contributed by atoms with E-state index in [0.29, 0.717) is 5.82 Å². The van der Waals surface area contributed by atoms with E-state index in [1.807, 2.05) is 19.0 Å². The predicted molar refractivity (Wildman–Crippen MR) is 78.9 cm³/mol. The molecule has 0 fully saturated rings. The fourth-order valence-electron chi connectivity index (χ4n) is 1.65. The Morgan fingerprint density at radius 3 is 2.81 bits per heavy atom. The zero-order valence-corrected chi connectivity index (χ0v) is 12.4. The van der Waals surface area contributed by atoms with Crippen LogP contribution in [0.5, 0.6) is 0 Å². The van der Waals surface area contributed by atoms with Crippen LogP contribution in [0.25, 0.3) is 0 Å². The molecule has 0 aliphatic rings. The van der Waals surface area contributed by atoms with Crippen molar-refractivity contribution in [3.8, 4) is 0 Å². The van der Waals surface area contributed by atoms with Gasteiger partial charge < -0.3 is 10.2 Å². The van der Waals surface area contributed by atoms with E-state index in [1.165, 1.54) is 12.1 Å². The first-order valence-electron chi connectivity index (χ1n) is 6.20. The number of aromatic nitrogens is 2. The van der Waals surface area contributed by atoms with Crippen molar-refractivity contribution in [2.45, 2.75) is 6.54 Å². The minimum absolute atomic E-state index is 0.0652. The van der Waals surface area contributed by atoms with Crippen molar-refractivity contribution in [2.24, 2.45) is 0 Å². The van der Waals surface area contributed by atoms with Gasteiger partial charge >= 0.3 is 0 Å². The van der Waals surface area contributed by atoms with Gasteiger partial charge in [0, 0.05) is 20.3 Å². The van der Waals surface area contributed by atoms with Crippen molar-refractivity contribution in [3.63, 3.8) is 0 Å². The minimum Gasteiger partial charge on any atom is -0.363 e. The smallest absolute Gasteiger partial charge is 0.253 e. The lowest BCUT2D eigenvalue weighted by Crippen LogP contribution is -2.24. The Morgan fingerprint density at radius 1 is 1.38 bits per heavy atom. The second kappa shape index (κ2) is 6.49. The molecule has 110 valence electrons. The third kappa shape index (κ3) is 3.88. The average Bonchev–Trinajstić information content (AvgIpc) is 2.45. The Hall–Kier alpha value is -2.21. The Morgan fingerprint density at radius 2 is 2.14 bits per heavy atom. The predicted octanol–water partition coefficient (Wildman–Crippen LogP) is 2.27. The van der Waals surface area contributed by atoms with Gasteiger partial charge in [-0.2, -0.15) is 0 Å². The summed E-state index contributed by atoms with van der Waals surface area (Å²) < 4.78 is 12.9. The van der Waals surface area contributed by atoms with Gasteiger partial charge in [0.25, 0.3) is 5.91 Å². The van der Waals surface area contributed by atoms with Crippen LogP contribution < -0.4 is 10.2 Å². The summed E-state index contributed by atoms with van der Waals surface area (Å²) in [5.41, 5.74) is 0.210. The van der Waals surface area contributed by atoms with Crippen LogP contribution in [0.1, 0.15) is 16.2 Å². The molecule has 2 aromatic rings. The average molecular weight is 309 g/mol. The summed E-state index contributed by atoms with van der Waals surface area (Å²) in [6.07, 6.45) is 1.62. The maximum absolute atomic E-state index is 12.9. The summed E-state index contributed by atoms with van der Waals surface area (Å²) in [6.45, 7) is 0.161. The van der Waals surface area contributed by atoms with E-state index < -0.39 is 11.7 Å². The molecule has 7 heteroatoms. The topological polar surface area (TPSA) is 58.1 Å². The third-order valence-electron chi connectivity index (χ3n) is 2.73. The molecule has 1 amide bonds. The van der Waals surface area contributed by atoms with Gasteiger partial charge in [-0.15, -0.1) is 0 Å². The van der Waals surface area contributed by atoms with Crippen LogP contribution in [0.2, 0.25) is 5.02 Å². The highest BCUT2D eigenvalue weighted by atomic mass is 35.5. The van der Waals surface area contributed by atoms with Crippen LogP contribution >= 0.6 is 11.6 Å². The number of anilines is 1. The normalized spacial score (nSPS) is 10.3. The van der Waals surface area contributed by atoms with Crippen LogP contribution in [-0.4, -0.2) is 30.0 Å². The zero-order valence-electron chi connectivity index (χ0n) is 11.6. The number of halogens is 2. The number of nitrogens with one attached hydrogen (secondary N) is 1. The molecule has 0 aliphatic heterocycles. The van der Waals surface area contributed by atoms with Crippen molar-refractivity contribution < 1.29 is 9.18 Å². The van der Waals surface area contributed by atoms with Crippen molar-refractivity contribution in [1.29, 1.82) is 0 Å². The summed E-state index contributed by atoms with van der Waals surface area (Å²) in [6, 6.07) is 5.38. The number of benzene rings is 1. The Kier molecular flexibility index (Phi) is 4.70. The molecular formula is C14H14ClFN4O. The quantitative estimate of drug-likeness (QED) is 0.941. The van der Waals surface area contributed by atoms with E-state index in [1.54, 1.807) is 12.3 Å². The molecule has 0 spiro atoms. The number of nitrogens with zero attached hydrogens (tertiary/aromatic N) is 3. The number of hydrogen-bond acceptors (Lipinski definition) is 4. The molecule has 5 nitrogen and oxygen atoms in total. The second-order valence-corrected chi connectivity index (χ2v) is 4.94. The Labute approximate surface area is 126 Å². The molecule has 21 heavy (non-hydrogen) atoms. The lowest BCUT2D eigenvalue weighted by atomic mass is 10.2. The van der Waals surface area contributed by atoms with Crippen LogP contribution in [-0.2, 0) is 6.54 Å². The highest BCUT2D eigenvalue weighted by molar-refractivity contribution is 6.33. The largest absolute Gasteiger partial charge is 0.363 e. The van der Waals surface area contributed by atoms with Crippen molar-refractivity contribution >= 4 is 23.3 Å². The van der Waals surface area contributed by atoms with E-state index in [-0.39, 0.29) is 17.1 Å².